The van der Waals surface area contributed by atoms with Crippen LogP contribution in [0, 0.1) is 0 Å². The molecule has 2 aromatic heterocycles. The molecule has 0 amide bonds. The van der Waals surface area contributed by atoms with Gasteiger partial charge < -0.3 is 5.11 Å². The molecule has 1 aromatic carbocycles. The van der Waals surface area contributed by atoms with Gasteiger partial charge in [-0.2, -0.15) is 4.68 Å². The molecule has 1 aliphatic rings. The van der Waals surface area contributed by atoms with Crippen molar-refractivity contribution in [2.24, 2.45) is 0 Å². The number of carbonyl (C=O) groups is 1. The van der Waals surface area contributed by atoms with E-state index < -0.39 is 12.0 Å². The molecule has 0 radical (unpaired) electrons. The zero-order valence-corrected chi connectivity index (χ0v) is 13.6. The van der Waals surface area contributed by atoms with Gasteiger partial charge in [0.25, 0.3) is 5.56 Å². The molecule has 1 atom stereocenters. The number of hydrogen-bond acceptors (Lipinski definition) is 5. The minimum absolute atomic E-state index is 0.347. The van der Waals surface area contributed by atoms with Crippen LogP contribution in [0.15, 0.2) is 41.5 Å². The van der Waals surface area contributed by atoms with E-state index in [0.29, 0.717) is 40.4 Å². The number of aromatic nitrogens is 5. The Balaban J connectivity index is 1.90. The summed E-state index contributed by atoms with van der Waals surface area (Å²) >= 11 is 6.13. The Kier molecular flexibility index (Phi) is 3.61. The summed E-state index contributed by atoms with van der Waals surface area (Å²) < 4.78 is 2.82. The summed E-state index contributed by atoms with van der Waals surface area (Å²) in [5, 5.41) is 20.9. The number of tetrazole rings is 1. The van der Waals surface area contributed by atoms with E-state index in [9.17, 15) is 14.7 Å². The molecule has 0 unspecified atom stereocenters. The quantitative estimate of drug-likeness (QED) is 0.765. The molecule has 0 saturated heterocycles. The second-order valence-electron chi connectivity index (χ2n) is 5.75. The van der Waals surface area contributed by atoms with Crippen LogP contribution in [0.2, 0.25) is 5.02 Å². The average Bonchev–Trinajstić information content (AvgIpc) is 3.24. The number of carboxylic acid groups (broad SMARTS) is 1. The van der Waals surface area contributed by atoms with E-state index in [1.54, 1.807) is 18.2 Å². The number of fused-ring (bicyclic) bond motifs is 1. The highest BCUT2D eigenvalue weighted by Crippen LogP contribution is 2.32. The van der Waals surface area contributed by atoms with Gasteiger partial charge in [-0.15, -0.1) is 5.10 Å². The van der Waals surface area contributed by atoms with E-state index in [2.05, 4.69) is 15.5 Å². The lowest BCUT2D eigenvalue weighted by molar-refractivity contribution is -0.140. The molecule has 126 valence electrons. The Labute approximate surface area is 146 Å². The molecule has 0 aliphatic carbocycles. The highest BCUT2D eigenvalue weighted by Gasteiger charge is 2.29. The molecule has 0 saturated carbocycles. The van der Waals surface area contributed by atoms with Crippen molar-refractivity contribution in [3.63, 3.8) is 0 Å². The van der Waals surface area contributed by atoms with Crippen molar-refractivity contribution in [3.8, 4) is 16.8 Å². The Bertz CT molecular complexity index is 1030. The normalized spacial score (nSPS) is 16.0. The lowest BCUT2D eigenvalue weighted by Gasteiger charge is -2.13. The van der Waals surface area contributed by atoms with Crippen LogP contribution in [-0.4, -0.2) is 35.9 Å². The van der Waals surface area contributed by atoms with Crippen LogP contribution >= 0.6 is 11.6 Å². The van der Waals surface area contributed by atoms with Gasteiger partial charge in [0.2, 0.25) is 0 Å². The second kappa shape index (κ2) is 5.82. The monoisotopic (exact) mass is 357 g/mol. The summed E-state index contributed by atoms with van der Waals surface area (Å²) in [5.74, 6) is -0.995. The molecule has 0 bridgehead atoms. The standard InChI is InChI=1S/C16H12ClN5O3/c17-10-1-3-13(21-8-18-19-20-21)12(7-10)9-5-11-2-4-14(16(24)25)22(11)15(23)6-9/h1,3,5-8,14H,2,4H2,(H,24,25)/t14-/m0/s1. The topological polar surface area (TPSA) is 103 Å². The molecule has 0 fully saturated rings. The minimum atomic E-state index is -0.995. The summed E-state index contributed by atoms with van der Waals surface area (Å²) in [4.78, 5) is 23.8. The van der Waals surface area contributed by atoms with Gasteiger partial charge in [-0.05, 0) is 53.1 Å². The van der Waals surface area contributed by atoms with Crippen molar-refractivity contribution in [1.82, 2.24) is 24.8 Å². The van der Waals surface area contributed by atoms with E-state index in [-0.39, 0.29) is 5.56 Å². The molecule has 4 rings (SSSR count). The van der Waals surface area contributed by atoms with Gasteiger partial charge in [0.1, 0.15) is 12.4 Å². The maximum Gasteiger partial charge on any atom is 0.326 e. The van der Waals surface area contributed by atoms with Crippen molar-refractivity contribution in [2.75, 3.05) is 0 Å². The Hall–Kier alpha value is -3.00. The van der Waals surface area contributed by atoms with Crippen molar-refractivity contribution < 1.29 is 9.90 Å². The number of rotatable bonds is 3. The van der Waals surface area contributed by atoms with E-state index >= 15 is 0 Å². The predicted molar refractivity (Wildman–Crippen MR) is 88.9 cm³/mol. The van der Waals surface area contributed by atoms with Gasteiger partial charge in [0.15, 0.2) is 0 Å². The number of halogens is 1. The van der Waals surface area contributed by atoms with Crippen LogP contribution in [0.3, 0.4) is 0 Å². The summed E-state index contributed by atoms with van der Waals surface area (Å²) in [7, 11) is 0. The van der Waals surface area contributed by atoms with E-state index in [0.717, 1.165) is 0 Å². The SMILES string of the molecule is O=C(O)[C@@H]1CCc2cc(-c3cc(Cl)ccc3-n3cnnn3)cc(=O)n21. The molecular weight excluding hydrogens is 346 g/mol. The molecule has 1 N–H and O–H groups in total. The summed E-state index contributed by atoms with van der Waals surface area (Å²) in [5.41, 5.74) is 2.36. The largest absolute Gasteiger partial charge is 0.480 e. The number of aryl methyl sites for hydroxylation is 1. The van der Waals surface area contributed by atoms with Crippen molar-refractivity contribution in [2.45, 2.75) is 18.9 Å². The number of hydrogen-bond donors (Lipinski definition) is 1. The molecule has 25 heavy (non-hydrogen) atoms. The third-order valence-electron chi connectivity index (χ3n) is 4.28. The molecular formula is C16H12ClN5O3. The van der Waals surface area contributed by atoms with Crippen molar-refractivity contribution in [1.29, 1.82) is 0 Å². The first-order valence-corrected chi connectivity index (χ1v) is 7.94. The van der Waals surface area contributed by atoms with Gasteiger partial charge in [-0.1, -0.05) is 11.6 Å². The first-order chi connectivity index (χ1) is 12.0. The van der Waals surface area contributed by atoms with E-state index in [1.807, 2.05) is 6.07 Å². The number of nitrogens with zero attached hydrogens (tertiary/aromatic N) is 5. The van der Waals surface area contributed by atoms with Crippen molar-refractivity contribution >= 4 is 17.6 Å². The molecule has 8 nitrogen and oxygen atoms in total. The zero-order chi connectivity index (χ0) is 17.6. The number of pyridine rings is 1. The highest BCUT2D eigenvalue weighted by molar-refractivity contribution is 6.31. The van der Waals surface area contributed by atoms with Crippen LogP contribution < -0.4 is 5.56 Å². The fraction of sp³-hybridized carbons (Fsp3) is 0.188. The van der Waals surface area contributed by atoms with Gasteiger partial charge >= 0.3 is 5.97 Å². The Morgan fingerprint density at radius 1 is 1.28 bits per heavy atom. The molecule has 9 heteroatoms. The smallest absolute Gasteiger partial charge is 0.326 e. The molecule has 3 heterocycles. The Morgan fingerprint density at radius 2 is 2.12 bits per heavy atom. The average molecular weight is 358 g/mol. The predicted octanol–water partition coefficient (Wildman–Crippen LogP) is 1.72. The van der Waals surface area contributed by atoms with Gasteiger partial charge in [-0.25, -0.2) is 4.79 Å². The lowest BCUT2D eigenvalue weighted by Crippen LogP contribution is -2.27. The number of carboxylic acids is 1. The van der Waals surface area contributed by atoms with Crippen LogP contribution in [0.1, 0.15) is 18.2 Å². The van der Waals surface area contributed by atoms with Gasteiger partial charge in [-0.3, -0.25) is 9.36 Å². The third kappa shape index (κ3) is 2.60. The maximum absolute atomic E-state index is 12.5. The number of aliphatic carboxylic acids is 1. The van der Waals surface area contributed by atoms with Gasteiger partial charge in [0, 0.05) is 22.3 Å². The molecule has 0 spiro atoms. The van der Waals surface area contributed by atoms with Crippen LogP contribution in [0.25, 0.3) is 16.8 Å². The highest BCUT2D eigenvalue weighted by atomic mass is 35.5. The lowest BCUT2D eigenvalue weighted by atomic mass is 10.0. The molecule has 1 aliphatic heterocycles. The van der Waals surface area contributed by atoms with E-state index in [4.69, 9.17) is 11.6 Å². The summed E-state index contributed by atoms with van der Waals surface area (Å²) in [6, 6.07) is 7.64. The maximum atomic E-state index is 12.5. The first kappa shape index (κ1) is 15.5. The van der Waals surface area contributed by atoms with Crippen LogP contribution in [-0.2, 0) is 11.2 Å². The summed E-state index contributed by atoms with van der Waals surface area (Å²) in [6.45, 7) is 0. The van der Waals surface area contributed by atoms with Gasteiger partial charge in [0.05, 0.1) is 5.69 Å². The van der Waals surface area contributed by atoms with Crippen LogP contribution in [0.4, 0.5) is 0 Å². The fourth-order valence-electron chi connectivity index (χ4n) is 3.20. The van der Waals surface area contributed by atoms with Crippen LogP contribution in [0.5, 0.6) is 0 Å². The fourth-order valence-corrected chi connectivity index (χ4v) is 3.37. The van der Waals surface area contributed by atoms with Crippen molar-refractivity contribution in [3.05, 3.63) is 57.7 Å². The second-order valence-corrected chi connectivity index (χ2v) is 6.19. The third-order valence-corrected chi connectivity index (χ3v) is 4.52. The minimum Gasteiger partial charge on any atom is -0.480 e. The summed E-state index contributed by atoms with van der Waals surface area (Å²) in [6.07, 6.45) is 2.39. The first-order valence-electron chi connectivity index (χ1n) is 7.56. The zero-order valence-electron chi connectivity index (χ0n) is 12.8. The Morgan fingerprint density at radius 3 is 2.84 bits per heavy atom. The molecule has 3 aromatic rings. The van der Waals surface area contributed by atoms with E-state index in [1.165, 1.54) is 21.6 Å². The number of benzene rings is 1.